The van der Waals surface area contributed by atoms with Crippen molar-refractivity contribution in [2.75, 3.05) is 6.61 Å². The maximum absolute atomic E-state index is 12.4. The minimum absolute atomic E-state index is 0.0622. The number of rotatable bonds is 48. The van der Waals surface area contributed by atoms with Gasteiger partial charge in [0.25, 0.3) is 0 Å². The van der Waals surface area contributed by atoms with Gasteiger partial charge in [-0.2, -0.15) is 0 Å². The minimum atomic E-state index is -0.839. The van der Waals surface area contributed by atoms with Gasteiger partial charge in [0.1, 0.15) is 0 Å². The van der Waals surface area contributed by atoms with Crippen LogP contribution in [-0.2, 0) is 4.79 Å². The van der Waals surface area contributed by atoms with Gasteiger partial charge in [-0.3, -0.25) is 4.79 Å². The maximum atomic E-state index is 12.4. The van der Waals surface area contributed by atoms with E-state index in [-0.39, 0.29) is 12.5 Å². The third-order valence-electron chi connectivity index (χ3n) is 12.1. The summed E-state index contributed by atoms with van der Waals surface area (Å²) in [5, 5.41) is 23.1. The molecule has 2 unspecified atom stereocenters. The highest BCUT2D eigenvalue weighted by atomic mass is 16.3. The fourth-order valence-electron chi connectivity index (χ4n) is 8.09. The first-order valence-electron chi connectivity index (χ1n) is 26.2. The summed E-state index contributed by atoms with van der Waals surface area (Å²) in [6.07, 6.45) is 67.1. The van der Waals surface area contributed by atoms with Crippen molar-refractivity contribution < 1.29 is 15.0 Å². The highest BCUT2D eigenvalue weighted by Gasteiger charge is 2.18. The molecule has 2 atom stereocenters. The number of unbranched alkanes of at least 4 members (excludes halogenated alkanes) is 37. The molecule has 0 rings (SSSR count). The molecule has 0 aliphatic rings. The van der Waals surface area contributed by atoms with Crippen LogP contribution in [0.4, 0.5) is 0 Å². The van der Waals surface area contributed by atoms with Crippen molar-refractivity contribution >= 4 is 5.91 Å². The van der Waals surface area contributed by atoms with Crippen LogP contribution in [0.1, 0.15) is 284 Å². The third-order valence-corrected chi connectivity index (χ3v) is 12.1. The average Bonchev–Trinajstić information content (AvgIpc) is 3.23. The summed E-state index contributed by atoms with van der Waals surface area (Å²) >= 11 is 0. The Balaban J connectivity index is 3.49. The van der Waals surface area contributed by atoms with Crippen molar-refractivity contribution in [1.82, 2.24) is 5.32 Å². The summed E-state index contributed by atoms with van der Waals surface area (Å²) in [5.41, 5.74) is 0. The Hall–Kier alpha value is -1.39. The lowest BCUT2D eigenvalue weighted by Crippen LogP contribution is -2.45. The van der Waals surface area contributed by atoms with Crippen LogP contribution in [0.3, 0.4) is 0 Å². The highest BCUT2D eigenvalue weighted by molar-refractivity contribution is 5.76. The van der Waals surface area contributed by atoms with E-state index in [4.69, 9.17) is 0 Å². The number of allylic oxidation sites excluding steroid dienone is 5. The van der Waals surface area contributed by atoms with Gasteiger partial charge in [-0.1, -0.05) is 262 Å². The second kappa shape index (κ2) is 50.0. The lowest BCUT2D eigenvalue weighted by Gasteiger charge is -2.20. The predicted molar refractivity (Wildman–Crippen MR) is 258 cm³/mol. The highest BCUT2D eigenvalue weighted by Crippen LogP contribution is 2.16. The summed E-state index contributed by atoms with van der Waals surface area (Å²) in [4.78, 5) is 12.4. The van der Waals surface area contributed by atoms with E-state index in [1.807, 2.05) is 6.08 Å². The Labute approximate surface area is 363 Å². The molecule has 3 N–H and O–H groups in total. The van der Waals surface area contributed by atoms with Gasteiger partial charge < -0.3 is 15.5 Å². The lowest BCUT2D eigenvalue weighted by molar-refractivity contribution is -0.123. The van der Waals surface area contributed by atoms with Gasteiger partial charge in [-0.25, -0.2) is 0 Å². The predicted octanol–water partition coefficient (Wildman–Crippen LogP) is 16.9. The van der Waals surface area contributed by atoms with Crippen LogP contribution in [0.25, 0.3) is 0 Å². The second-order valence-electron chi connectivity index (χ2n) is 17.9. The molecule has 0 aliphatic carbocycles. The summed E-state index contributed by atoms with van der Waals surface area (Å²) < 4.78 is 0. The first-order valence-corrected chi connectivity index (χ1v) is 26.2. The SMILES string of the molecule is CCCCCCCCCCC/C=C\C/C=C\CCCCCCCCCCCCCCCC(=O)NC(CO)C(O)/C=C/CCCCCCCCCCCCCCCCC. The molecule has 0 aromatic heterocycles. The molecule has 0 aromatic carbocycles. The molecule has 0 heterocycles. The minimum Gasteiger partial charge on any atom is -0.394 e. The summed E-state index contributed by atoms with van der Waals surface area (Å²) in [7, 11) is 0. The fraction of sp³-hybridized carbons (Fsp3) is 0.870. The molecular weight excluding hydrogens is 711 g/mol. The van der Waals surface area contributed by atoms with E-state index in [0.717, 1.165) is 32.1 Å². The van der Waals surface area contributed by atoms with E-state index in [1.54, 1.807) is 6.08 Å². The normalized spacial score (nSPS) is 13.1. The number of nitrogens with one attached hydrogen (secondary N) is 1. The number of hydrogen-bond donors (Lipinski definition) is 3. The monoisotopic (exact) mass is 814 g/mol. The average molecular weight is 814 g/mol. The quantitative estimate of drug-likeness (QED) is 0.0423. The van der Waals surface area contributed by atoms with Crippen LogP contribution < -0.4 is 5.32 Å². The molecular formula is C54H103NO3. The number of aliphatic hydroxyl groups is 2. The molecule has 1 amide bonds. The van der Waals surface area contributed by atoms with Crippen LogP contribution >= 0.6 is 0 Å². The van der Waals surface area contributed by atoms with Crippen LogP contribution in [0, 0.1) is 0 Å². The molecule has 0 saturated carbocycles. The Morgan fingerprint density at radius 1 is 0.414 bits per heavy atom. The van der Waals surface area contributed by atoms with Crippen molar-refractivity contribution in [2.45, 2.75) is 296 Å². The van der Waals surface area contributed by atoms with Crippen molar-refractivity contribution in [1.29, 1.82) is 0 Å². The molecule has 342 valence electrons. The smallest absolute Gasteiger partial charge is 0.220 e. The Bertz CT molecular complexity index is 882. The zero-order valence-corrected chi connectivity index (χ0v) is 39.3. The number of carbonyl (C=O) groups is 1. The van der Waals surface area contributed by atoms with Crippen LogP contribution in [0.5, 0.6) is 0 Å². The van der Waals surface area contributed by atoms with Gasteiger partial charge in [0.2, 0.25) is 5.91 Å². The van der Waals surface area contributed by atoms with Gasteiger partial charge in [-0.15, -0.1) is 0 Å². The first-order chi connectivity index (χ1) is 28.7. The summed E-state index contributed by atoms with van der Waals surface area (Å²) in [6, 6.07) is -0.622. The van der Waals surface area contributed by atoms with Crippen LogP contribution in [0.15, 0.2) is 36.5 Å². The Kier molecular flexibility index (Phi) is 48.8. The fourth-order valence-corrected chi connectivity index (χ4v) is 8.09. The zero-order valence-electron chi connectivity index (χ0n) is 39.3. The molecule has 58 heavy (non-hydrogen) atoms. The summed E-state index contributed by atoms with van der Waals surface area (Å²) in [5.74, 6) is -0.0622. The van der Waals surface area contributed by atoms with Gasteiger partial charge in [0.05, 0.1) is 18.8 Å². The molecule has 4 nitrogen and oxygen atoms in total. The molecule has 0 aliphatic heterocycles. The molecule has 4 heteroatoms. The maximum Gasteiger partial charge on any atom is 0.220 e. The zero-order chi connectivity index (χ0) is 42.1. The molecule has 0 saturated heterocycles. The molecule has 0 bridgehead atoms. The van der Waals surface area contributed by atoms with E-state index in [2.05, 4.69) is 43.5 Å². The van der Waals surface area contributed by atoms with E-state index >= 15 is 0 Å². The topological polar surface area (TPSA) is 69.6 Å². The Morgan fingerprint density at radius 2 is 0.707 bits per heavy atom. The Morgan fingerprint density at radius 3 is 1.03 bits per heavy atom. The van der Waals surface area contributed by atoms with Crippen molar-refractivity contribution in [2.24, 2.45) is 0 Å². The van der Waals surface area contributed by atoms with Gasteiger partial charge in [0, 0.05) is 6.42 Å². The van der Waals surface area contributed by atoms with E-state index < -0.39 is 12.1 Å². The number of aliphatic hydroxyl groups excluding tert-OH is 2. The number of hydrogen-bond acceptors (Lipinski definition) is 3. The second-order valence-corrected chi connectivity index (χ2v) is 17.9. The van der Waals surface area contributed by atoms with Crippen molar-refractivity contribution in [3.63, 3.8) is 0 Å². The van der Waals surface area contributed by atoms with Crippen molar-refractivity contribution in [3.05, 3.63) is 36.5 Å². The van der Waals surface area contributed by atoms with E-state index in [9.17, 15) is 15.0 Å². The van der Waals surface area contributed by atoms with E-state index in [1.165, 1.54) is 231 Å². The van der Waals surface area contributed by atoms with Gasteiger partial charge in [-0.05, 0) is 51.4 Å². The molecule has 0 fully saturated rings. The number of amides is 1. The van der Waals surface area contributed by atoms with Crippen molar-refractivity contribution in [3.8, 4) is 0 Å². The van der Waals surface area contributed by atoms with E-state index in [0.29, 0.717) is 6.42 Å². The summed E-state index contributed by atoms with van der Waals surface area (Å²) in [6.45, 7) is 4.33. The lowest BCUT2D eigenvalue weighted by atomic mass is 10.0. The standard InChI is InChI=1S/C54H103NO3/c1-3-5-7-9-11-13-15-17-19-21-22-23-24-25-26-27-28-29-30-31-32-34-36-38-40-42-44-46-48-50-54(58)55-52(51-56)53(57)49-47-45-43-41-39-37-35-33-20-18-16-14-12-10-8-6-4-2/h22-23,25-26,47,49,52-53,56-57H,3-21,24,27-46,48,50-51H2,1-2H3,(H,55,58)/b23-22-,26-25-,49-47+. The molecule has 0 radical (unpaired) electrons. The largest absolute Gasteiger partial charge is 0.394 e. The van der Waals surface area contributed by atoms with Crippen LogP contribution in [0.2, 0.25) is 0 Å². The molecule has 0 aromatic rings. The van der Waals surface area contributed by atoms with Gasteiger partial charge >= 0.3 is 0 Å². The third kappa shape index (κ3) is 45.7. The molecule has 0 spiro atoms. The van der Waals surface area contributed by atoms with Gasteiger partial charge in [0.15, 0.2) is 0 Å². The first kappa shape index (κ1) is 56.6. The number of carbonyl (C=O) groups excluding carboxylic acids is 1. The van der Waals surface area contributed by atoms with Crippen LogP contribution in [-0.4, -0.2) is 34.9 Å².